The van der Waals surface area contributed by atoms with E-state index in [1.54, 1.807) is 54.6 Å². The first-order valence-electron chi connectivity index (χ1n) is 10.4. The van der Waals surface area contributed by atoms with Gasteiger partial charge in [-0.15, -0.1) is 0 Å². The van der Waals surface area contributed by atoms with Crippen LogP contribution in [-0.4, -0.2) is 22.4 Å². The molecule has 10 heteroatoms. The van der Waals surface area contributed by atoms with Crippen molar-refractivity contribution in [1.29, 1.82) is 0 Å². The van der Waals surface area contributed by atoms with Crippen LogP contribution in [0.3, 0.4) is 0 Å². The highest BCUT2D eigenvalue weighted by Gasteiger charge is 2.21. The van der Waals surface area contributed by atoms with Gasteiger partial charge in [-0.05, 0) is 79.6 Å². The van der Waals surface area contributed by atoms with Gasteiger partial charge in [-0.1, -0.05) is 45.2 Å². The van der Waals surface area contributed by atoms with E-state index in [0.29, 0.717) is 32.3 Å². The van der Waals surface area contributed by atoms with Crippen LogP contribution in [0, 0.1) is 13.8 Å². The van der Waals surface area contributed by atoms with Crippen LogP contribution in [0.2, 0.25) is 10.0 Å². The summed E-state index contributed by atoms with van der Waals surface area (Å²) in [5, 5.41) is 6.68. The summed E-state index contributed by atoms with van der Waals surface area (Å²) in [6, 6.07) is 16.8. The molecule has 0 atom stereocenters. The van der Waals surface area contributed by atoms with Crippen molar-refractivity contribution in [2.75, 3.05) is 16.1 Å². The SMILES string of the molecule is Cc1ccc(NC(=O)C(=O)Nn2c(C(=O)Nc3cc(Cl)cc(Cl)c3)cc3cc(Br)ccc32)cc1C. The number of nitrogens with one attached hydrogen (secondary N) is 3. The fraction of sp³-hybridized carbons (Fsp3) is 0.0800. The maximum absolute atomic E-state index is 13.1. The third-order valence-corrected chi connectivity index (χ3v) is 6.23. The van der Waals surface area contributed by atoms with Gasteiger partial charge in [-0.2, -0.15) is 0 Å². The number of hydrogen-bond acceptors (Lipinski definition) is 3. The number of nitrogens with zero attached hydrogens (tertiary/aromatic N) is 1. The van der Waals surface area contributed by atoms with E-state index in [4.69, 9.17) is 23.2 Å². The molecule has 4 rings (SSSR count). The van der Waals surface area contributed by atoms with Crippen molar-refractivity contribution in [2.45, 2.75) is 13.8 Å². The molecule has 35 heavy (non-hydrogen) atoms. The Kier molecular flexibility index (Phi) is 7.16. The molecule has 1 heterocycles. The highest BCUT2D eigenvalue weighted by molar-refractivity contribution is 9.10. The average Bonchev–Trinajstić information content (AvgIpc) is 3.13. The van der Waals surface area contributed by atoms with E-state index in [1.807, 2.05) is 19.9 Å². The molecule has 0 aliphatic carbocycles. The zero-order valence-corrected chi connectivity index (χ0v) is 21.7. The number of aryl methyl sites for hydroxylation is 2. The summed E-state index contributed by atoms with van der Waals surface area (Å²) >= 11 is 15.5. The maximum atomic E-state index is 13.1. The molecule has 1 aromatic heterocycles. The summed E-state index contributed by atoms with van der Waals surface area (Å²) < 4.78 is 2.06. The summed E-state index contributed by atoms with van der Waals surface area (Å²) in [6.45, 7) is 3.86. The van der Waals surface area contributed by atoms with E-state index in [9.17, 15) is 14.4 Å². The standard InChI is InChI=1S/C25H19BrCl2N4O3/c1-13-3-5-19(7-14(13)2)29-24(34)25(35)31-32-21-6-4-16(26)8-15(21)9-22(32)23(33)30-20-11-17(27)10-18(28)12-20/h3-12H,1-2H3,(H,29,34)(H,30,33)(H,31,35). The summed E-state index contributed by atoms with van der Waals surface area (Å²) in [5.41, 5.74) is 6.06. The van der Waals surface area contributed by atoms with Crippen molar-refractivity contribution in [3.63, 3.8) is 0 Å². The quantitative estimate of drug-likeness (QED) is 0.251. The molecule has 178 valence electrons. The molecule has 0 bridgehead atoms. The highest BCUT2D eigenvalue weighted by atomic mass is 79.9. The highest BCUT2D eigenvalue weighted by Crippen LogP contribution is 2.26. The van der Waals surface area contributed by atoms with Crippen molar-refractivity contribution in [2.24, 2.45) is 0 Å². The third-order valence-electron chi connectivity index (χ3n) is 5.30. The van der Waals surface area contributed by atoms with E-state index in [1.165, 1.54) is 4.68 Å². The van der Waals surface area contributed by atoms with Gasteiger partial charge >= 0.3 is 11.8 Å². The van der Waals surface area contributed by atoms with E-state index < -0.39 is 17.7 Å². The first-order chi connectivity index (χ1) is 16.6. The van der Waals surface area contributed by atoms with Gasteiger partial charge in [0.25, 0.3) is 5.91 Å². The lowest BCUT2D eigenvalue weighted by Crippen LogP contribution is -2.36. The maximum Gasteiger partial charge on any atom is 0.328 e. The topological polar surface area (TPSA) is 92.2 Å². The Morgan fingerprint density at radius 2 is 1.49 bits per heavy atom. The van der Waals surface area contributed by atoms with Gasteiger partial charge in [0.2, 0.25) is 0 Å². The lowest BCUT2D eigenvalue weighted by Gasteiger charge is -2.13. The monoisotopic (exact) mass is 572 g/mol. The third kappa shape index (κ3) is 5.67. The fourth-order valence-electron chi connectivity index (χ4n) is 3.45. The molecule has 3 N–H and O–H groups in total. The van der Waals surface area contributed by atoms with Gasteiger partial charge < -0.3 is 10.6 Å². The van der Waals surface area contributed by atoms with Crippen LogP contribution in [0.15, 0.2) is 65.1 Å². The number of aromatic nitrogens is 1. The molecule has 0 radical (unpaired) electrons. The van der Waals surface area contributed by atoms with E-state index in [2.05, 4.69) is 32.0 Å². The largest absolute Gasteiger partial charge is 0.328 e. The van der Waals surface area contributed by atoms with Gasteiger partial charge in [0.05, 0.1) is 5.52 Å². The number of amides is 3. The van der Waals surface area contributed by atoms with Gasteiger partial charge in [0, 0.05) is 31.3 Å². The first kappa shape index (κ1) is 24.8. The zero-order chi connectivity index (χ0) is 25.3. The Morgan fingerprint density at radius 3 is 2.17 bits per heavy atom. The minimum absolute atomic E-state index is 0.0986. The molecule has 4 aromatic rings. The molecular weight excluding hydrogens is 555 g/mol. The van der Waals surface area contributed by atoms with Crippen LogP contribution in [0.1, 0.15) is 21.6 Å². The van der Waals surface area contributed by atoms with E-state index in [-0.39, 0.29) is 5.69 Å². The van der Waals surface area contributed by atoms with Crippen LogP contribution >= 0.6 is 39.1 Å². The van der Waals surface area contributed by atoms with Crippen LogP contribution in [0.25, 0.3) is 10.9 Å². The number of fused-ring (bicyclic) bond motifs is 1. The van der Waals surface area contributed by atoms with Gasteiger partial charge in [-0.25, -0.2) is 4.68 Å². The Balaban J connectivity index is 1.63. The molecule has 0 spiro atoms. The molecule has 0 fully saturated rings. The molecule has 0 saturated heterocycles. The number of carbonyl (C=O) groups excluding carboxylic acids is 3. The van der Waals surface area contributed by atoms with Gasteiger partial charge in [0.1, 0.15) is 5.69 Å². The van der Waals surface area contributed by atoms with Crippen LogP contribution < -0.4 is 16.1 Å². The number of benzene rings is 3. The van der Waals surface area contributed by atoms with Crippen molar-refractivity contribution < 1.29 is 14.4 Å². The molecular formula is C25H19BrCl2N4O3. The van der Waals surface area contributed by atoms with Crippen LogP contribution in [0.4, 0.5) is 11.4 Å². The second-order valence-electron chi connectivity index (χ2n) is 7.87. The minimum Gasteiger partial charge on any atom is -0.321 e. The smallest absolute Gasteiger partial charge is 0.321 e. The Morgan fingerprint density at radius 1 is 0.771 bits per heavy atom. The van der Waals surface area contributed by atoms with E-state index >= 15 is 0 Å². The lowest BCUT2D eigenvalue weighted by molar-refractivity contribution is -0.133. The molecule has 0 saturated carbocycles. The lowest BCUT2D eigenvalue weighted by atomic mass is 10.1. The molecule has 3 amide bonds. The molecule has 0 aliphatic rings. The van der Waals surface area contributed by atoms with Gasteiger partial charge in [-0.3, -0.25) is 19.8 Å². The second kappa shape index (κ2) is 10.1. The normalized spacial score (nSPS) is 10.8. The number of rotatable bonds is 4. The average molecular weight is 574 g/mol. The Bertz CT molecular complexity index is 1480. The number of hydrogen-bond donors (Lipinski definition) is 3. The predicted octanol–water partition coefficient (Wildman–Crippen LogP) is 6.29. The Hall–Kier alpha value is -3.33. The summed E-state index contributed by atoms with van der Waals surface area (Å²) in [7, 11) is 0. The van der Waals surface area contributed by atoms with Crippen molar-refractivity contribution in [3.8, 4) is 0 Å². The summed E-state index contributed by atoms with van der Waals surface area (Å²) in [4.78, 5) is 38.5. The van der Waals surface area contributed by atoms with Crippen molar-refractivity contribution in [1.82, 2.24) is 4.68 Å². The second-order valence-corrected chi connectivity index (χ2v) is 9.66. The first-order valence-corrected chi connectivity index (χ1v) is 11.9. The van der Waals surface area contributed by atoms with Crippen molar-refractivity contribution in [3.05, 3.63) is 92.0 Å². The molecule has 3 aromatic carbocycles. The number of anilines is 2. The summed E-state index contributed by atoms with van der Waals surface area (Å²) in [5.74, 6) is -2.35. The van der Waals surface area contributed by atoms with E-state index in [0.717, 1.165) is 15.6 Å². The van der Waals surface area contributed by atoms with Gasteiger partial charge in [0.15, 0.2) is 0 Å². The number of carbonyl (C=O) groups is 3. The van der Waals surface area contributed by atoms with Crippen LogP contribution in [0.5, 0.6) is 0 Å². The zero-order valence-electron chi connectivity index (χ0n) is 18.6. The predicted molar refractivity (Wildman–Crippen MR) is 143 cm³/mol. The number of halogens is 3. The summed E-state index contributed by atoms with van der Waals surface area (Å²) in [6.07, 6.45) is 0. The van der Waals surface area contributed by atoms with Crippen LogP contribution in [-0.2, 0) is 9.59 Å². The van der Waals surface area contributed by atoms with Crippen molar-refractivity contribution >= 4 is 79.1 Å². The Labute approximate surface area is 219 Å². The molecule has 7 nitrogen and oxygen atoms in total. The molecule has 0 unspecified atom stereocenters. The minimum atomic E-state index is -0.941. The molecule has 0 aliphatic heterocycles. The fourth-order valence-corrected chi connectivity index (χ4v) is 4.36.